The lowest BCUT2D eigenvalue weighted by molar-refractivity contribution is 0.108. The molecule has 0 saturated carbocycles. The Hall–Kier alpha value is -2.02. The van der Waals surface area contributed by atoms with Gasteiger partial charge in [0.25, 0.3) is 0 Å². The highest BCUT2D eigenvalue weighted by Gasteiger charge is 2.20. The molecule has 2 rings (SSSR count). The van der Waals surface area contributed by atoms with Crippen molar-refractivity contribution in [1.29, 1.82) is 5.41 Å². The van der Waals surface area contributed by atoms with Crippen LogP contribution in [0.3, 0.4) is 0 Å². The van der Waals surface area contributed by atoms with Crippen LogP contribution in [0.4, 0.5) is 9.18 Å². The van der Waals surface area contributed by atoms with E-state index in [1.54, 1.807) is 24.3 Å². The maximum atomic E-state index is 13.8. The van der Waals surface area contributed by atoms with Gasteiger partial charge in [-0.2, -0.15) is 0 Å². The van der Waals surface area contributed by atoms with Gasteiger partial charge in [0.1, 0.15) is 17.1 Å². The van der Waals surface area contributed by atoms with Crippen LogP contribution in [0, 0.1) is 11.2 Å². The fourth-order valence-corrected chi connectivity index (χ4v) is 3.19. The summed E-state index contributed by atoms with van der Waals surface area (Å²) in [5, 5.41) is 10.0. The van der Waals surface area contributed by atoms with E-state index in [0.717, 1.165) is 0 Å². The highest BCUT2D eigenvalue weighted by atomic mass is 35.5. The summed E-state index contributed by atoms with van der Waals surface area (Å²) < 4.78 is 19.0. The topological polar surface area (TPSA) is 62.2 Å². The van der Waals surface area contributed by atoms with Gasteiger partial charge >= 0.3 is 6.09 Å². The van der Waals surface area contributed by atoms with E-state index in [9.17, 15) is 9.18 Å². The molecule has 27 heavy (non-hydrogen) atoms. The standard InChI is InChI=1S/C19H17Cl2FN2O2S/c1-11(12-7-5-6-10-15(12)22)26-19(25)24-16(18(21)23)17(27)13-8-3-2-4-9-14(13)20/h3-11,23,27H,2H2,1H3,(H,24,25)/b17-16+,23-18?. The number of halogens is 3. The van der Waals surface area contributed by atoms with Gasteiger partial charge in [-0.3, -0.25) is 10.7 Å². The van der Waals surface area contributed by atoms with Crippen molar-refractivity contribution in [3.8, 4) is 0 Å². The lowest BCUT2D eigenvalue weighted by Crippen LogP contribution is -2.28. The number of benzene rings is 1. The first-order valence-corrected chi connectivity index (χ1v) is 9.14. The first-order valence-electron chi connectivity index (χ1n) is 7.94. The van der Waals surface area contributed by atoms with E-state index in [0.29, 0.717) is 17.0 Å². The second-order valence-electron chi connectivity index (χ2n) is 5.53. The Bertz CT molecular complexity index is 878. The third kappa shape index (κ3) is 5.73. The van der Waals surface area contributed by atoms with E-state index in [4.69, 9.17) is 33.3 Å². The van der Waals surface area contributed by atoms with E-state index >= 15 is 0 Å². The zero-order valence-electron chi connectivity index (χ0n) is 14.3. The third-order valence-corrected chi connectivity index (χ3v) is 4.63. The minimum atomic E-state index is -0.900. The molecule has 142 valence electrons. The lowest BCUT2D eigenvalue weighted by Gasteiger charge is -2.17. The Labute approximate surface area is 172 Å². The van der Waals surface area contributed by atoms with E-state index in [1.165, 1.54) is 19.1 Å². The number of carbonyl (C=O) groups is 1. The molecule has 1 amide bonds. The second kappa shape index (κ2) is 9.78. The number of carbonyl (C=O) groups excluding carboxylic acids is 1. The zero-order valence-corrected chi connectivity index (χ0v) is 16.7. The predicted molar refractivity (Wildman–Crippen MR) is 110 cm³/mol. The molecule has 0 spiro atoms. The first-order chi connectivity index (χ1) is 12.8. The van der Waals surface area contributed by atoms with Gasteiger partial charge in [0.05, 0.1) is 5.70 Å². The molecule has 0 fully saturated rings. The van der Waals surface area contributed by atoms with Gasteiger partial charge < -0.3 is 4.74 Å². The number of nitrogens with one attached hydrogen (secondary N) is 2. The van der Waals surface area contributed by atoms with Crippen LogP contribution in [0.15, 0.2) is 69.8 Å². The number of amides is 1. The summed E-state index contributed by atoms with van der Waals surface area (Å²) in [5.74, 6) is -0.485. The first kappa shape index (κ1) is 21.3. The molecule has 1 aromatic rings. The molecular formula is C19H17Cl2FN2O2S. The van der Waals surface area contributed by atoms with Crippen molar-refractivity contribution in [1.82, 2.24) is 5.32 Å². The number of hydrogen-bond donors (Lipinski definition) is 3. The normalized spacial score (nSPS) is 15.7. The molecule has 1 atom stereocenters. The Balaban J connectivity index is 2.23. The van der Waals surface area contributed by atoms with Gasteiger partial charge in [0.15, 0.2) is 0 Å². The maximum absolute atomic E-state index is 13.8. The van der Waals surface area contributed by atoms with Crippen molar-refractivity contribution in [2.75, 3.05) is 0 Å². The van der Waals surface area contributed by atoms with Gasteiger partial charge in [0.2, 0.25) is 0 Å². The van der Waals surface area contributed by atoms with Crippen LogP contribution in [0.5, 0.6) is 0 Å². The van der Waals surface area contributed by atoms with E-state index in [1.807, 2.05) is 12.2 Å². The molecular weight excluding hydrogens is 410 g/mol. The summed E-state index contributed by atoms with van der Waals surface area (Å²) in [6, 6.07) is 5.98. The largest absolute Gasteiger partial charge is 0.441 e. The van der Waals surface area contributed by atoms with E-state index in [-0.39, 0.29) is 16.2 Å². The molecule has 1 aliphatic rings. The number of thiol groups is 1. The summed E-state index contributed by atoms with van der Waals surface area (Å²) in [6.07, 6.45) is 6.07. The summed E-state index contributed by atoms with van der Waals surface area (Å²) in [5.41, 5.74) is 0.656. The molecule has 4 nitrogen and oxygen atoms in total. The number of allylic oxidation sites excluding steroid dienone is 7. The number of hydrogen-bond acceptors (Lipinski definition) is 4. The molecule has 1 aliphatic carbocycles. The molecule has 0 radical (unpaired) electrons. The fourth-order valence-electron chi connectivity index (χ4n) is 2.31. The Morgan fingerprint density at radius 2 is 2.00 bits per heavy atom. The van der Waals surface area contributed by atoms with Gasteiger partial charge in [-0.15, -0.1) is 12.6 Å². The van der Waals surface area contributed by atoms with Crippen LogP contribution in [0.25, 0.3) is 0 Å². The van der Waals surface area contributed by atoms with Crippen molar-refractivity contribution in [2.24, 2.45) is 0 Å². The Kier molecular flexibility index (Phi) is 7.71. The van der Waals surface area contributed by atoms with Crippen molar-refractivity contribution in [2.45, 2.75) is 19.4 Å². The number of alkyl carbamates (subject to hydrolysis) is 1. The molecule has 0 bridgehead atoms. The molecule has 0 aliphatic heterocycles. The Morgan fingerprint density at radius 3 is 2.67 bits per heavy atom. The van der Waals surface area contributed by atoms with E-state index < -0.39 is 23.2 Å². The summed E-state index contributed by atoms with van der Waals surface area (Å²) in [7, 11) is 0. The number of ether oxygens (including phenoxy) is 1. The molecule has 8 heteroatoms. The second-order valence-corrected chi connectivity index (χ2v) is 6.77. The summed E-state index contributed by atoms with van der Waals surface area (Å²) in [6.45, 7) is 1.53. The van der Waals surface area contributed by atoms with Crippen LogP contribution in [0.1, 0.15) is 25.0 Å². The summed E-state index contributed by atoms with van der Waals surface area (Å²) >= 11 is 16.4. The molecule has 1 aromatic carbocycles. The fraction of sp³-hybridized carbons (Fsp3) is 0.158. The predicted octanol–water partition coefficient (Wildman–Crippen LogP) is 5.98. The van der Waals surface area contributed by atoms with Crippen LogP contribution >= 0.6 is 35.8 Å². The van der Waals surface area contributed by atoms with Crippen LogP contribution in [-0.2, 0) is 4.74 Å². The lowest BCUT2D eigenvalue weighted by atomic mass is 10.1. The average molecular weight is 427 g/mol. The van der Waals surface area contributed by atoms with Crippen LogP contribution < -0.4 is 5.32 Å². The minimum absolute atomic E-state index is 0.0705. The van der Waals surface area contributed by atoms with Gasteiger partial charge in [-0.05, 0) is 25.5 Å². The average Bonchev–Trinajstić information content (AvgIpc) is 2.83. The SMILES string of the molecule is CC(OC(=O)N/C(C(=N)Cl)=C(/S)C1=C(Cl)C=CCC=C1)c1ccccc1F. The highest BCUT2D eigenvalue weighted by molar-refractivity contribution is 7.85. The van der Waals surface area contributed by atoms with Gasteiger partial charge in [0, 0.05) is 21.1 Å². The maximum Gasteiger partial charge on any atom is 0.412 e. The van der Waals surface area contributed by atoms with Crippen molar-refractivity contribution in [3.05, 3.63) is 81.2 Å². The highest BCUT2D eigenvalue weighted by Crippen LogP contribution is 2.28. The zero-order chi connectivity index (χ0) is 20.0. The molecule has 0 heterocycles. The van der Waals surface area contributed by atoms with Crippen LogP contribution in [-0.4, -0.2) is 11.3 Å². The quantitative estimate of drug-likeness (QED) is 0.400. The number of rotatable bonds is 5. The smallest absolute Gasteiger partial charge is 0.412 e. The van der Waals surface area contributed by atoms with Gasteiger partial charge in [-0.25, -0.2) is 9.18 Å². The monoisotopic (exact) mass is 426 g/mol. The molecule has 1 unspecified atom stereocenters. The van der Waals surface area contributed by atoms with Crippen molar-refractivity contribution >= 4 is 47.1 Å². The summed E-state index contributed by atoms with van der Waals surface area (Å²) in [4.78, 5) is 12.4. The Morgan fingerprint density at radius 1 is 1.33 bits per heavy atom. The van der Waals surface area contributed by atoms with Crippen molar-refractivity contribution < 1.29 is 13.9 Å². The molecule has 0 aromatic heterocycles. The van der Waals surface area contributed by atoms with Crippen molar-refractivity contribution in [3.63, 3.8) is 0 Å². The third-order valence-electron chi connectivity index (χ3n) is 3.64. The van der Waals surface area contributed by atoms with E-state index in [2.05, 4.69) is 17.9 Å². The minimum Gasteiger partial charge on any atom is -0.441 e. The van der Waals surface area contributed by atoms with Crippen LogP contribution in [0.2, 0.25) is 0 Å². The molecule has 2 N–H and O–H groups in total. The van der Waals surface area contributed by atoms with Gasteiger partial charge in [-0.1, -0.05) is 59.6 Å². The molecule has 0 saturated heterocycles.